The van der Waals surface area contributed by atoms with Crippen molar-refractivity contribution in [3.05, 3.63) is 22.7 Å². The van der Waals surface area contributed by atoms with Gasteiger partial charge in [0.05, 0.1) is 11.4 Å². The number of nitrogens with two attached hydrogens (primary N) is 1. The Hall–Kier alpha value is -0.890. The van der Waals surface area contributed by atoms with E-state index in [1.165, 1.54) is 19.3 Å². The van der Waals surface area contributed by atoms with Crippen LogP contribution in [0.3, 0.4) is 0 Å². The Morgan fingerprint density at radius 3 is 2.94 bits per heavy atom. The highest BCUT2D eigenvalue weighted by Crippen LogP contribution is 2.36. The lowest BCUT2D eigenvalue weighted by molar-refractivity contribution is 0.530. The Balaban J connectivity index is 2.21. The third-order valence-electron chi connectivity index (χ3n) is 3.70. The highest BCUT2D eigenvalue weighted by atomic mass is 35.5. The molecule has 2 rings (SSSR count). The summed E-state index contributed by atoms with van der Waals surface area (Å²) in [6, 6.07) is 3.80. The van der Waals surface area contributed by atoms with Crippen LogP contribution in [0.2, 0.25) is 5.02 Å². The molecule has 1 aromatic carbocycles. The predicted octanol–water partition coefficient (Wildman–Crippen LogP) is 3.86. The van der Waals surface area contributed by atoms with Crippen LogP contribution in [0.25, 0.3) is 0 Å². The minimum Gasteiger partial charge on any atom is -0.397 e. The van der Waals surface area contributed by atoms with Gasteiger partial charge in [0.2, 0.25) is 0 Å². The number of halogens is 1. The summed E-state index contributed by atoms with van der Waals surface area (Å²) in [5.41, 5.74) is 9.20. The molecule has 1 aromatic rings. The van der Waals surface area contributed by atoms with Gasteiger partial charge < -0.3 is 10.6 Å². The van der Waals surface area contributed by atoms with Crippen LogP contribution in [-0.2, 0) is 0 Å². The highest BCUT2D eigenvalue weighted by Gasteiger charge is 2.24. The Morgan fingerprint density at radius 1 is 1.47 bits per heavy atom. The van der Waals surface area contributed by atoms with Crippen LogP contribution in [0, 0.1) is 12.8 Å². The van der Waals surface area contributed by atoms with E-state index in [2.05, 4.69) is 18.7 Å². The molecule has 17 heavy (non-hydrogen) atoms. The molecule has 94 valence electrons. The quantitative estimate of drug-likeness (QED) is 0.828. The Labute approximate surface area is 109 Å². The topological polar surface area (TPSA) is 29.3 Å². The Morgan fingerprint density at radius 2 is 2.24 bits per heavy atom. The Bertz CT molecular complexity index is 403. The van der Waals surface area contributed by atoms with Crippen LogP contribution in [0.1, 0.15) is 31.7 Å². The second-order valence-corrected chi connectivity index (χ2v) is 5.41. The first-order chi connectivity index (χ1) is 8.13. The lowest BCUT2D eigenvalue weighted by atomic mass is 10.0. The van der Waals surface area contributed by atoms with Gasteiger partial charge in [-0.15, -0.1) is 0 Å². The summed E-state index contributed by atoms with van der Waals surface area (Å²) in [5.74, 6) is 0.817. The zero-order chi connectivity index (χ0) is 12.4. The monoisotopic (exact) mass is 252 g/mol. The summed E-state index contributed by atoms with van der Waals surface area (Å²) >= 11 is 6.18. The van der Waals surface area contributed by atoms with Crippen LogP contribution in [0.15, 0.2) is 12.1 Å². The molecule has 0 amide bonds. The molecule has 1 heterocycles. The van der Waals surface area contributed by atoms with Gasteiger partial charge in [0.15, 0.2) is 0 Å². The molecule has 0 bridgehead atoms. The maximum absolute atomic E-state index is 6.18. The van der Waals surface area contributed by atoms with Gasteiger partial charge in [0.25, 0.3) is 0 Å². The minimum atomic E-state index is 0.813. The number of hydrogen-bond donors (Lipinski definition) is 1. The molecular weight excluding hydrogens is 232 g/mol. The molecule has 2 N–H and O–H groups in total. The van der Waals surface area contributed by atoms with Crippen molar-refractivity contribution in [1.29, 1.82) is 0 Å². The van der Waals surface area contributed by atoms with Crippen molar-refractivity contribution in [1.82, 2.24) is 0 Å². The van der Waals surface area contributed by atoms with Gasteiger partial charge >= 0.3 is 0 Å². The maximum Gasteiger partial charge on any atom is 0.0644 e. The van der Waals surface area contributed by atoms with Crippen LogP contribution in [0.5, 0.6) is 0 Å². The summed E-state index contributed by atoms with van der Waals surface area (Å²) in [5, 5.41) is 0.813. The molecule has 1 unspecified atom stereocenters. The van der Waals surface area contributed by atoms with Gasteiger partial charge in [-0.25, -0.2) is 0 Å². The van der Waals surface area contributed by atoms with E-state index in [9.17, 15) is 0 Å². The van der Waals surface area contributed by atoms with E-state index in [0.29, 0.717) is 0 Å². The van der Waals surface area contributed by atoms with E-state index in [-0.39, 0.29) is 0 Å². The van der Waals surface area contributed by atoms with Crippen molar-refractivity contribution in [3.63, 3.8) is 0 Å². The number of rotatable bonds is 3. The third kappa shape index (κ3) is 2.52. The minimum absolute atomic E-state index is 0.813. The molecule has 1 fully saturated rings. The van der Waals surface area contributed by atoms with E-state index in [4.69, 9.17) is 17.3 Å². The molecule has 0 radical (unpaired) electrons. The summed E-state index contributed by atoms with van der Waals surface area (Å²) < 4.78 is 0. The van der Waals surface area contributed by atoms with Gasteiger partial charge in [-0.05, 0) is 43.4 Å². The van der Waals surface area contributed by atoms with Gasteiger partial charge in [0, 0.05) is 18.1 Å². The molecule has 2 nitrogen and oxygen atoms in total. The molecule has 1 atom stereocenters. The van der Waals surface area contributed by atoms with Crippen LogP contribution >= 0.6 is 11.6 Å². The van der Waals surface area contributed by atoms with Gasteiger partial charge in [-0.1, -0.05) is 24.9 Å². The largest absolute Gasteiger partial charge is 0.397 e. The standard InChI is InChI=1S/C14H21ClN2/c1-3-4-11-7-8-17(9-11)14-10(2)12(15)5-6-13(14)16/h5-6,11H,3-4,7-9,16H2,1-2H3. The third-order valence-corrected chi connectivity index (χ3v) is 4.10. The predicted molar refractivity (Wildman–Crippen MR) is 75.8 cm³/mol. The zero-order valence-corrected chi connectivity index (χ0v) is 11.4. The van der Waals surface area contributed by atoms with Crippen molar-refractivity contribution >= 4 is 23.0 Å². The van der Waals surface area contributed by atoms with Crippen LogP contribution in [0.4, 0.5) is 11.4 Å². The highest BCUT2D eigenvalue weighted by molar-refractivity contribution is 6.32. The SMILES string of the molecule is CCCC1CCN(c2c(N)ccc(Cl)c2C)C1. The van der Waals surface area contributed by atoms with E-state index >= 15 is 0 Å². The molecule has 1 aliphatic rings. The van der Waals surface area contributed by atoms with Crippen molar-refractivity contribution in [2.75, 3.05) is 23.7 Å². The van der Waals surface area contributed by atoms with Crippen LogP contribution < -0.4 is 10.6 Å². The first-order valence-corrected chi connectivity index (χ1v) is 6.80. The first-order valence-electron chi connectivity index (χ1n) is 6.43. The van der Waals surface area contributed by atoms with Gasteiger partial charge in [-0.3, -0.25) is 0 Å². The van der Waals surface area contributed by atoms with Crippen molar-refractivity contribution < 1.29 is 0 Å². The summed E-state index contributed by atoms with van der Waals surface area (Å²) in [7, 11) is 0. The van der Waals surface area contributed by atoms with Crippen LogP contribution in [-0.4, -0.2) is 13.1 Å². The van der Waals surface area contributed by atoms with Crippen molar-refractivity contribution in [2.24, 2.45) is 5.92 Å². The fraction of sp³-hybridized carbons (Fsp3) is 0.571. The average molecular weight is 253 g/mol. The van der Waals surface area contributed by atoms with E-state index in [1.807, 2.05) is 12.1 Å². The summed E-state index contributed by atoms with van der Waals surface area (Å²) in [6.45, 7) is 6.54. The number of hydrogen-bond acceptors (Lipinski definition) is 2. The number of nitrogen functional groups attached to an aromatic ring is 1. The van der Waals surface area contributed by atoms with Gasteiger partial charge in [0.1, 0.15) is 0 Å². The number of anilines is 2. The normalized spacial score (nSPS) is 19.9. The first kappa shape index (κ1) is 12.6. The van der Waals surface area contributed by atoms with Gasteiger partial charge in [-0.2, -0.15) is 0 Å². The van der Waals surface area contributed by atoms with E-state index < -0.39 is 0 Å². The average Bonchev–Trinajstić information content (AvgIpc) is 2.73. The molecule has 0 saturated carbocycles. The smallest absolute Gasteiger partial charge is 0.0644 e. The molecule has 1 aliphatic heterocycles. The molecule has 3 heteroatoms. The van der Waals surface area contributed by atoms with Crippen molar-refractivity contribution in [2.45, 2.75) is 33.1 Å². The summed E-state index contributed by atoms with van der Waals surface area (Å²) in [6.07, 6.45) is 3.86. The van der Waals surface area contributed by atoms with Crippen molar-refractivity contribution in [3.8, 4) is 0 Å². The number of benzene rings is 1. The maximum atomic E-state index is 6.18. The fourth-order valence-electron chi connectivity index (χ4n) is 2.80. The summed E-state index contributed by atoms with van der Waals surface area (Å²) in [4.78, 5) is 2.40. The number of nitrogens with zero attached hydrogens (tertiary/aromatic N) is 1. The Kier molecular flexibility index (Phi) is 3.82. The molecule has 0 aliphatic carbocycles. The molecule has 1 saturated heterocycles. The van der Waals surface area contributed by atoms with E-state index in [1.54, 1.807) is 0 Å². The molecule has 0 spiro atoms. The second-order valence-electron chi connectivity index (χ2n) is 5.00. The molecular formula is C14H21ClN2. The lowest BCUT2D eigenvalue weighted by Crippen LogP contribution is -2.22. The lowest BCUT2D eigenvalue weighted by Gasteiger charge is -2.23. The molecule has 0 aromatic heterocycles. The fourth-order valence-corrected chi connectivity index (χ4v) is 2.95. The second kappa shape index (κ2) is 5.18. The zero-order valence-electron chi connectivity index (χ0n) is 10.7. The van der Waals surface area contributed by atoms with E-state index in [0.717, 1.165) is 41.0 Å².